The van der Waals surface area contributed by atoms with Gasteiger partial charge in [0.1, 0.15) is 17.3 Å². The molecule has 0 bridgehead atoms. The number of rotatable bonds is 14. The monoisotopic (exact) mass is 509 g/mol. The van der Waals surface area contributed by atoms with E-state index in [-0.39, 0.29) is 47.2 Å². The lowest BCUT2D eigenvalue weighted by Gasteiger charge is -2.09. The zero-order valence-electron chi connectivity index (χ0n) is 17.6. The number of sulfonamides is 1. The van der Waals surface area contributed by atoms with E-state index in [9.17, 15) is 23.1 Å². The zero-order valence-corrected chi connectivity index (χ0v) is 20.8. The Morgan fingerprint density at radius 1 is 1.19 bits per heavy atom. The summed E-state index contributed by atoms with van der Waals surface area (Å²) in [6.45, 7) is 5.65. The summed E-state index contributed by atoms with van der Waals surface area (Å²) >= 11 is 1.56. The fraction of sp³-hybridized carbons (Fsp3) is 0.526. The van der Waals surface area contributed by atoms with Crippen LogP contribution < -0.4 is 4.72 Å². The summed E-state index contributed by atoms with van der Waals surface area (Å²) in [6.07, 6.45) is 0.503. The van der Waals surface area contributed by atoms with Crippen LogP contribution in [0.4, 0.5) is 0 Å². The number of ketones is 2. The SMILES string of the molecule is CCSCC(=O)[C@H](C)CC(=O)CSSCCNS(=O)(=O)c1ccc(O)c(C)c1.O=C=O. The summed E-state index contributed by atoms with van der Waals surface area (Å²) in [7, 11) is -0.848. The lowest BCUT2D eigenvalue weighted by atomic mass is 10.0. The molecule has 0 amide bonds. The molecule has 31 heavy (non-hydrogen) atoms. The number of hydrogen-bond donors (Lipinski definition) is 2. The molecular formula is C19H27NO7S4. The fourth-order valence-corrected chi connectivity index (χ4v) is 5.94. The number of nitrogens with one attached hydrogen (secondary N) is 1. The molecular weight excluding hydrogens is 482 g/mol. The van der Waals surface area contributed by atoms with E-state index in [0.29, 0.717) is 22.8 Å². The van der Waals surface area contributed by atoms with Crippen molar-refractivity contribution < 1.29 is 32.7 Å². The van der Waals surface area contributed by atoms with E-state index in [1.54, 1.807) is 25.6 Å². The largest absolute Gasteiger partial charge is 0.508 e. The maximum absolute atomic E-state index is 12.2. The van der Waals surface area contributed by atoms with Crippen molar-refractivity contribution >= 4 is 61.1 Å². The molecule has 0 saturated carbocycles. The third-order valence-corrected chi connectivity index (χ3v) is 8.48. The van der Waals surface area contributed by atoms with Gasteiger partial charge in [-0.2, -0.15) is 21.4 Å². The summed E-state index contributed by atoms with van der Waals surface area (Å²) in [5.41, 5.74) is 0.493. The smallest absolute Gasteiger partial charge is 0.373 e. The summed E-state index contributed by atoms with van der Waals surface area (Å²) in [4.78, 5) is 40.1. The number of carbonyl (C=O) groups is 2. The van der Waals surface area contributed by atoms with E-state index in [1.165, 1.54) is 39.8 Å². The number of Topliss-reactive ketones (excluding diaryl/α,β-unsaturated/α-hetero) is 2. The first-order chi connectivity index (χ1) is 14.6. The van der Waals surface area contributed by atoms with E-state index in [2.05, 4.69) is 4.72 Å². The van der Waals surface area contributed by atoms with Gasteiger partial charge in [0.2, 0.25) is 10.0 Å². The average Bonchev–Trinajstić information content (AvgIpc) is 2.71. The first-order valence-electron chi connectivity index (χ1n) is 9.24. The van der Waals surface area contributed by atoms with Crippen molar-refractivity contribution in [2.75, 3.05) is 29.6 Å². The maximum Gasteiger partial charge on any atom is 0.373 e. The Hall–Kier alpha value is -1.30. The molecule has 0 saturated heterocycles. The first kappa shape index (κ1) is 29.7. The Kier molecular flexibility index (Phi) is 15.7. The zero-order chi connectivity index (χ0) is 23.9. The molecule has 0 unspecified atom stereocenters. The lowest BCUT2D eigenvalue weighted by Crippen LogP contribution is -2.26. The standard InChI is InChI=1S/C18H27NO5S4.CO2/c1-4-25-12-18(22)13(2)9-15(20)11-27-26-8-7-19-28(23,24)16-5-6-17(21)14(3)10-16;2-1-3/h5-6,10,13,19,21H,4,7-9,11-12H2,1-3H3;/t13-;/m1./s1. The van der Waals surface area contributed by atoms with Crippen molar-refractivity contribution in [3.8, 4) is 5.75 Å². The predicted octanol–water partition coefficient (Wildman–Crippen LogP) is 2.69. The number of carbonyl (C=O) groups excluding carboxylic acids is 4. The number of benzene rings is 1. The number of phenols is 1. The van der Waals surface area contributed by atoms with Gasteiger partial charge < -0.3 is 5.11 Å². The van der Waals surface area contributed by atoms with Gasteiger partial charge in [0, 0.05) is 24.6 Å². The molecule has 1 atom stereocenters. The maximum atomic E-state index is 12.2. The fourth-order valence-electron chi connectivity index (χ4n) is 2.12. The third kappa shape index (κ3) is 13.0. The molecule has 1 aromatic rings. The Bertz CT molecular complexity index is 853. The number of hydrogen-bond acceptors (Lipinski definition) is 10. The van der Waals surface area contributed by atoms with E-state index in [1.807, 2.05) is 6.92 Å². The molecule has 0 heterocycles. The average molecular weight is 510 g/mol. The highest BCUT2D eigenvalue weighted by Gasteiger charge is 2.17. The van der Waals surface area contributed by atoms with E-state index >= 15 is 0 Å². The van der Waals surface area contributed by atoms with Crippen LogP contribution in [0.3, 0.4) is 0 Å². The second-order valence-electron chi connectivity index (χ2n) is 6.26. The molecule has 0 fully saturated rings. The quantitative estimate of drug-likeness (QED) is 0.285. The van der Waals surface area contributed by atoms with Crippen LogP contribution in [0.2, 0.25) is 0 Å². The third-order valence-electron chi connectivity index (χ3n) is 3.79. The van der Waals surface area contributed by atoms with Crippen LogP contribution >= 0.6 is 33.3 Å². The molecule has 1 rings (SSSR count). The van der Waals surface area contributed by atoms with Crippen LogP contribution in [0.25, 0.3) is 0 Å². The minimum Gasteiger partial charge on any atom is -0.508 e. The molecule has 0 radical (unpaired) electrons. The first-order valence-corrected chi connectivity index (χ1v) is 14.4. The molecule has 8 nitrogen and oxygen atoms in total. The highest BCUT2D eigenvalue weighted by molar-refractivity contribution is 8.76. The molecule has 0 aliphatic heterocycles. The molecule has 0 aliphatic rings. The topological polar surface area (TPSA) is 135 Å². The summed E-state index contributed by atoms with van der Waals surface area (Å²) in [5, 5.41) is 9.48. The molecule has 0 spiro atoms. The van der Waals surface area contributed by atoms with Gasteiger partial charge in [0.25, 0.3) is 0 Å². The summed E-state index contributed by atoms with van der Waals surface area (Å²) in [5.74, 6) is 2.08. The Morgan fingerprint density at radius 2 is 1.84 bits per heavy atom. The van der Waals surface area contributed by atoms with Crippen LogP contribution in [-0.2, 0) is 29.2 Å². The van der Waals surface area contributed by atoms with E-state index < -0.39 is 10.0 Å². The van der Waals surface area contributed by atoms with Crippen molar-refractivity contribution in [3.63, 3.8) is 0 Å². The molecule has 0 aliphatic carbocycles. The van der Waals surface area contributed by atoms with Crippen molar-refractivity contribution in [2.24, 2.45) is 5.92 Å². The van der Waals surface area contributed by atoms with Gasteiger partial charge in [0.15, 0.2) is 0 Å². The highest BCUT2D eigenvalue weighted by atomic mass is 33.1. The highest BCUT2D eigenvalue weighted by Crippen LogP contribution is 2.23. The van der Waals surface area contributed by atoms with Crippen molar-refractivity contribution in [1.82, 2.24) is 4.72 Å². The van der Waals surface area contributed by atoms with Crippen molar-refractivity contribution in [2.45, 2.75) is 32.1 Å². The molecule has 2 N–H and O–H groups in total. The lowest BCUT2D eigenvalue weighted by molar-refractivity contribution is -0.191. The Balaban J connectivity index is 0.00000282. The van der Waals surface area contributed by atoms with Gasteiger partial charge >= 0.3 is 6.15 Å². The second kappa shape index (κ2) is 16.3. The minimum absolute atomic E-state index is 0.0278. The van der Waals surface area contributed by atoms with Gasteiger partial charge in [-0.1, -0.05) is 35.4 Å². The molecule has 0 aromatic heterocycles. The van der Waals surface area contributed by atoms with Gasteiger partial charge in [0.05, 0.1) is 16.4 Å². The molecule has 174 valence electrons. The number of thioether (sulfide) groups is 1. The summed E-state index contributed by atoms with van der Waals surface area (Å²) < 4.78 is 26.9. The Morgan fingerprint density at radius 3 is 2.42 bits per heavy atom. The van der Waals surface area contributed by atoms with Crippen molar-refractivity contribution in [1.29, 1.82) is 0 Å². The van der Waals surface area contributed by atoms with Crippen LogP contribution in [0.1, 0.15) is 25.8 Å². The Labute approximate surface area is 195 Å². The van der Waals surface area contributed by atoms with E-state index in [0.717, 1.165) is 5.75 Å². The number of phenolic OH excluding ortho intramolecular Hbond substituents is 1. The summed E-state index contributed by atoms with van der Waals surface area (Å²) in [6, 6.07) is 4.12. The van der Waals surface area contributed by atoms with Crippen LogP contribution in [-0.4, -0.2) is 60.8 Å². The number of aryl methyl sites for hydroxylation is 1. The van der Waals surface area contributed by atoms with Crippen LogP contribution in [0, 0.1) is 12.8 Å². The minimum atomic E-state index is -3.63. The predicted molar refractivity (Wildman–Crippen MR) is 125 cm³/mol. The van der Waals surface area contributed by atoms with Gasteiger partial charge in [-0.15, -0.1) is 0 Å². The second-order valence-corrected chi connectivity index (χ2v) is 11.9. The van der Waals surface area contributed by atoms with Crippen molar-refractivity contribution in [3.05, 3.63) is 23.8 Å². The van der Waals surface area contributed by atoms with Gasteiger partial charge in [-0.3, -0.25) is 9.59 Å². The molecule has 12 heteroatoms. The van der Waals surface area contributed by atoms with Gasteiger partial charge in [-0.25, -0.2) is 13.1 Å². The van der Waals surface area contributed by atoms with Crippen LogP contribution in [0.15, 0.2) is 23.1 Å². The number of aromatic hydroxyl groups is 1. The van der Waals surface area contributed by atoms with Gasteiger partial charge in [-0.05, 0) is 36.4 Å². The normalized spacial score (nSPS) is 11.7. The van der Waals surface area contributed by atoms with Crippen LogP contribution in [0.5, 0.6) is 5.75 Å². The van der Waals surface area contributed by atoms with E-state index in [4.69, 9.17) is 9.59 Å². The molecule has 1 aromatic carbocycles.